The van der Waals surface area contributed by atoms with Crippen molar-refractivity contribution in [3.8, 4) is 0 Å². The number of benzene rings is 2. The molecule has 0 saturated carbocycles. The minimum atomic E-state index is 1.07. The van der Waals surface area contributed by atoms with Gasteiger partial charge in [0.2, 0.25) is 0 Å². The number of aromatic nitrogens is 2. The van der Waals surface area contributed by atoms with Gasteiger partial charge in [-0.2, -0.15) is 0 Å². The normalized spacial score (nSPS) is 10.9. The molecular formula is C16H16N2S. The summed E-state index contributed by atoms with van der Waals surface area (Å²) in [6.45, 7) is 6.15. The molecule has 0 aliphatic carbocycles. The first-order valence-electron chi connectivity index (χ1n) is 6.60. The predicted molar refractivity (Wildman–Crippen MR) is 84.2 cm³/mol. The van der Waals surface area contributed by atoms with Crippen molar-refractivity contribution >= 4 is 37.5 Å². The van der Waals surface area contributed by atoms with Gasteiger partial charge in [0, 0.05) is 0 Å². The van der Waals surface area contributed by atoms with E-state index in [1.54, 1.807) is 11.3 Å². The van der Waals surface area contributed by atoms with Crippen LogP contribution in [0.1, 0.15) is 19.4 Å². The number of thiazole rings is 1. The van der Waals surface area contributed by atoms with Crippen molar-refractivity contribution in [1.29, 1.82) is 0 Å². The number of aryl methyl sites for hydroxylation is 1. The van der Waals surface area contributed by atoms with Crippen LogP contribution in [0.25, 0.3) is 26.2 Å². The Balaban J connectivity index is 0.000000528. The SMILES string of the molecule is CC.Cc1cccc2c1sc1nc3ccccc3n12. The molecule has 0 N–H and O–H groups in total. The Labute approximate surface area is 116 Å². The van der Waals surface area contributed by atoms with Gasteiger partial charge in [-0.1, -0.05) is 49.4 Å². The Morgan fingerprint density at radius 2 is 1.68 bits per heavy atom. The maximum Gasteiger partial charge on any atom is 0.195 e. The first-order valence-corrected chi connectivity index (χ1v) is 7.41. The fourth-order valence-corrected chi connectivity index (χ4v) is 3.45. The van der Waals surface area contributed by atoms with Gasteiger partial charge in [0.25, 0.3) is 0 Å². The molecule has 3 heteroatoms. The van der Waals surface area contributed by atoms with Gasteiger partial charge < -0.3 is 0 Å². The molecular weight excluding hydrogens is 252 g/mol. The fourth-order valence-electron chi connectivity index (χ4n) is 2.34. The van der Waals surface area contributed by atoms with Gasteiger partial charge in [-0.05, 0) is 30.7 Å². The quantitative estimate of drug-likeness (QED) is 0.437. The van der Waals surface area contributed by atoms with Crippen LogP contribution >= 0.6 is 11.3 Å². The highest BCUT2D eigenvalue weighted by Gasteiger charge is 2.11. The number of rotatable bonds is 0. The van der Waals surface area contributed by atoms with E-state index < -0.39 is 0 Å². The molecule has 2 nitrogen and oxygen atoms in total. The Hall–Kier alpha value is -1.87. The second-order valence-corrected chi connectivity index (χ2v) is 5.22. The van der Waals surface area contributed by atoms with Crippen LogP contribution in [0.3, 0.4) is 0 Å². The molecule has 0 atom stereocenters. The zero-order valence-corrected chi connectivity index (χ0v) is 12.2. The van der Waals surface area contributed by atoms with Gasteiger partial charge in [0.15, 0.2) is 4.96 Å². The summed E-state index contributed by atoms with van der Waals surface area (Å²) in [7, 11) is 0. The largest absolute Gasteiger partial charge is 0.283 e. The molecule has 2 heterocycles. The number of nitrogens with zero attached hydrogens (tertiary/aromatic N) is 2. The molecule has 0 unspecified atom stereocenters. The first kappa shape index (κ1) is 12.2. The van der Waals surface area contributed by atoms with Crippen molar-refractivity contribution < 1.29 is 0 Å². The second-order valence-electron chi connectivity index (χ2n) is 4.24. The molecule has 0 amide bonds. The van der Waals surface area contributed by atoms with E-state index in [1.807, 2.05) is 19.9 Å². The molecule has 0 bridgehead atoms. The van der Waals surface area contributed by atoms with Crippen molar-refractivity contribution in [2.24, 2.45) is 0 Å². The van der Waals surface area contributed by atoms with Crippen molar-refractivity contribution in [2.45, 2.75) is 20.8 Å². The van der Waals surface area contributed by atoms with Gasteiger partial charge in [-0.25, -0.2) is 4.98 Å². The Morgan fingerprint density at radius 1 is 0.947 bits per heavy atom. The summed E-state index contributed by atoms with van der Waals surface area (Å²) in [6, 6.07) is 14.7. The number of hydrogen-bond donors (Lipinski definition) is 0. The third-order valence-corrected chi connectivity index (χ3v) is 4.35. The molecule has 0 saturated heterocycles. The second kappa shape index (κ2) is 4.67. The van der Waals surface area contributed by atoms with E-state index >= 15 is 0 Å². The Kier molecular flexibility index (Phi) is 2.99. The number of imidazole rings is 1. The monoisotopic (exact) mass is 268 g/mol. The molecule has 4 aromatic rings. The van der Waals surface area contributed by atoms with Gasteiger partial charge in [0.05, 0.1) is 21.3 Å². The van der Waals surface area contributed by atoms with Crippen LogP contribution in [0.4, 0.5) is 0 Å². The lowest BCUT2D eigenvalue weighted by molar-refractivity contribution is 1.34. The maximum absolute atomic E-state index is 4.68. The van der Waals surface area contributed by atoms with Crippen molar-refractivity contribution in [3.05, 3.63) is 48.0 Å². The molecule has 19 heavy (non-hydrogen) atoms. The molecule has 0 radical (unpaired) electrons. The lowest BCUT2D eigenvalue weighted by Gasteiger charge is -1.96. The standard InChI is InChI=1S/C14H10N2S.C2H6/c1-9-5-4-8-12-13(9)17-14-15-10-6-2-3-7-11(10)16(12)14;1-2/h2-8H,1H3;1-2H3. The highest BCUT2D eigenvalue weighted by molar-refractivity contribution is 7.23. The van der Waals surface area contributed by atoms with Crippen molar-refractivity contribution in [2.75, 3.05) is 0 Å². The highest BCUT2D eigenvalue weighted by atomic mass is 32.1. The summed E-state index contributed by atoms with van der Waals surface area (Å²) in [6.07, 6.45) is 0. The van der Waals surface area contributed by atoms with Crippen molar-refractivity contribution in [3.63, 3.8) is 0 Å². The zero-order chi connectivity index (χ0) is 13.4. The minimum Gasteiger partial charge on any atom is -0.283 e. The fraction of sp³-hybridized carbons (Fsp3) is 0.188. The third kappa shape index (κ3) is 1.73. The highest BCUT2D eigenvalue weighted by Crippen LogP contribution is 2.31. The van der Waals surface area contributed by atoms with Crippen LogP contribution in [-0.4, -0.2) is 9.38 Å². The summed E-state index contributed by atoms with van der Waals surface area (Å²) in [4.78, 5) is 5.75. The van der Waals surface area contributed by atoms with Crippen LogP contribution in [0.5, 0.6) is 0 Å². The number of hydrogen-bond acceptors (Lipinski definition) is 2. The summed E-state index contributed by atoms with van der Waals surface area (Å²) in [5.74, 6) is 0. The molecule has 0 spiro atoms. The van der Waals surface area contributed by atoms with E-state index in [0.717, 1.165) is 10.5 Å². The maximum atomic E-state index is 4.68. The molecule has 96 valence electrons. The molecule has 0 aliphatic rings. The van der Waals surface area contributed by atoms with Crippen LogP contribution in [0.15, 0.2) is 42.5 Å². The molecule has 0 aliphatic heterocycles. The molecule has 0 fully saturated rings. The molecule has 2 aromatic heterocycles. The van der Waals surface area contributed by atoms with E-state index in [4.69, 9.17) is 0 Å². The average molecular weight is 268 g/mol. The number of fused-ring (bicyclic) bond motifs is 5. The lowest BCUT2D eigenvalue weighted by Crippen LogP contribution is -1.80. The van der Waals surface area contributed by atoms with Crippen LogP contribution in [0, 0.1) is 6.92 Å². The van der Waals surface area contributed by atoms with Gasteiger partial charge >= 0.3 is 0 Å². The van der Waals surface area contributed by atoms with E-state index in [-0.39, 0.29) is 0 Å². The van der Waals surface area contributed by atoms with Crippen LogP contribution in [0.2, 0.25) is 0 Å². The lowest BCUT2D eigenvalue weighted by atomic mass is 10.2. The van der Waals surface area contributed by atoms with Gasteiger partial charge in [-0.15, -0.1) is 0 Å². The smallest absolute Gasteiger partial charge is 0.195 e. The van der Waals surface area contributed by atoms with E-state index in [0.29, 0.717) is 0 Å². The Bertz CT molecular complexity index is 855. The van der Waals surface area contributed by atoms with Gasteiger partial charge in [0.1, 0.15) is 0 Å². The minimum absolute atomic E-state index is 1.07. The van der Waals surface area contributed by atoms with Crippen LogP contribution < -0.4 is 0 Å². The summed E-state index contributed by atoms with van der Waals surface area (Å²) in [5.41, 5.74) is 4.85. The van der Waals surface area contributed by atoms with Crippen LogP contribution in [-0.2, 0) is 0 Å². The average Bonchev–Trinajstić information content (AvgIpc) is 2.98. The van der Waals surface area contributed by atoms with E-state index in [1.165, 1.54) is 21.3 Å². The topological polar surface area (TPSA) is 17.3 Å². The number of para-hydroxylation sites is 2. The first-order chi connectivity index (χ1) is 9.34. The summed E-state index contributed by atoms with van der Waals surface area (Å²) in [5, 5.41) is 0. The van der Waals surface area contributed by atoms with Crippen molar-refractivity contribution in [1.82, 2.24) is 9.38 Å². The molecule has 4 rings (SSSR count). The third-order valence-electron chi connectivity index (χ3n) is 3.16. The predicted octanol–water partition coefficient (Wildman–Crippen LogP) is 5.04. The Morgan fingerprint density at radius 3 is 2.53 bits per heavy atom. The zero-order valence-electron chi connectivity index (χ0n) is 11.3. The van der Waals surface area contributed by atoms with Gasteiger partial charge in [-0.3, -0.25) is 4.40 Å². The van der Waals surface area contributed by atoms with E-state index in [9.17, 15) is 0 Å². The van der Waals surface area contributed by atoms with E-state index in [2.05, 4.69) is 52.7 Å². The summed E-state index contributed by atoms with van der Waals surface area (Å²) >= 11 is 1.77. The molecule has 2 aromatic carbocycles. The summed E-state index contributed by atoms with van der Waals surface area (Å²) < 4.78 is 3.59.